The molecule has 0 spiro atoms. The molecule has 0 saturated carbocycles. The maximum atomic E-state index is 12.2. The third-order valence-electron chi connectivity index (χ3n) is 2.76. The van der Waals surface area contributed by atoms with Crippen LogP contribution in [0.15, 0.2) is 28.6 Å². The van der Waals surface area contributed by atoms with Gasteiger partial charge in [-0.1, -0.05) is 12.1 Å². The van der Waals surface area contributed by atoms with Gasteiger partial charge in [-0.05, 0) is 25.1 Å². The van der Waals surface area contributed by atoms with E-state index in [1.54, 1.807) is 11.3 Å². The Bertz CT molecular complexity index is 499. The third kappa shape index (κ3) is 1.79. The summed E-state index contributed by atoms with van der Waals surface area (Å²) in [5.74, 6) is 0. The molecular formula is C11H12N2OS2. The lowest BCUT2D eigenvalue weighted by molar-refractivity contribution is 0.672. The van der Waals surface area contributed by atoms with Crippen molar-refractivity contribution in [3.05, 3.63) is 24.3 Å². The van der Waals surface area contributed by atoms with E-state index in [1.165, 1.54) is 0 Å². The van der Waals surface area contributed by atoms with E-state index >= 15 is 0 Å². The number of nitrogens with one attached hydrogen (secondary N) is 1. The van der Waals surface area contributed by atoms with Gasteiger partial charge in [0.25, 0.3) is 0 Å². The highest BCUT2D eigenvalue weighted by molar-refractivity contribution is 7.88. The van der Waals surface area contributed by atoms with E-state index in [2.05, 4.69) is 10.3 Å². The first-order valence-corrected chi connectivity index (χ1v) is 7.34. The predicted octanol–water partition coefficient (Wildman–Crippen LogP) is 1.77. The first-order valence-electron chi connectivity index (χ1n) is 5.31. The van der Waals surface area contributed by atoms with E-state index in [9.17, 15) is 4.21 Å². The molecule has 1 fully saturated rings. The molecule has 0 amide bonds. The van der Waals surface area contributed by atoms with Crippen LogP contribution in [0.5, 0.6) is 0 Å². The third-order valence-corrected chi connectivity index (χ3v) is 5.78. The van der Waals surface area contributed by atoms with E-state index < -0.39 is 10.8 Å². The summed E-state index contributed by atoms with van der Waals surface area (Å²) in [7, 11) is -0.946. The van der Waals surface area contributed by atoms with Crippen LogP contribution in [-0.2, 0) is 10.8 Å². The van der Waals surface area contributed by atoms with Crippen LogP contribution in [0.2, 0.25) is 0 Å². The van der Waals surface area contributed by atoms with Crippen molar-refractivity contribution >= 4 is 32.4 Å². The first-order chi connectivity index (χ1) is 7.84. The zero-order chi connectivity index (χ0) is 11.0. The van der Waals surface area contributed by atoms with Gasteiger partial charge in [-0.15, -0.1) is 11.3 Å². The van der Waals surface area contributed by atoms with Crippen LogP contribution in [0.3, 0.4) is 0 Å². The fraction of sp³-hybridized carbons (Fsp3) is 0.364. The van der Waals surface area contributed by atoms with Crippen molar-refractivity contribution in [2.75, 3.05) is 13.1 Å². The Labute approximate surface area is 100 Å². The maximum Gasteiger partial charge on any atom is 0.182 e. The highest BCUT2D eigenvalue weighted by atomic mass is 32.2. The molecule has 0 radical (unpaired) electrons. The molecule has 0 unspecified atom stereocenters. The summed E-state index contributed by atoms with van der Waals surface area (Å²) >= 11 is 1.55. The fourth-order valence-corrected chi connectivity index (χ4v) is 4.67. The number of thiazole rings is 1. The van der Waals surface area contributed by atoms with Crippen molar-refractivity contribution in [3.63, 3.8) is 0 Å². The molecule has 5 heteroatoms. The number of hydrogen-bond acceptors (Lipinski definition) is 4. The van der Waals surface area contributed by atoms with Crippen LogP contribution in [-0.4, -0.2) is 27.5 Å². The van der Waals surface area contributed by atoms with E-state index in [1.807, 2.05) is 24.3 Å². The lowest BCUT2D eigenvalue weighted by atomic mass is 10.3. The summed E-state index contributed by atoms with van der Waals surface area (Å²) in [5.41, 5.74) is 0.960. The topological polar surface area (TPSA) is 42.0 Å². The minimum Gasteiger partial charge on any atom is -0.315 e. The number of fused-ring (bicyclic) bond motifs is 1. The van der Waals surface area contributed by atoms with E-state index in [0.717, 1.165) is 34.1 Å². The van der Waals surface area contributed by atoms with Gasteiger partial charge in [0.2, 0.25) is 0 Å². The maximum absolute atomic E-state index is 12.2. The van der Waals surface area contributed by atoms with Crippen molar-refractivity contribution in [1.82, 2.24) is 10.3 Å². The molecule has 3 rings (SSSR count). The van der Waals surface area contributed by atoms with Gasteiger partial charge in [0, 0.05) is 6.54 Å². The van der Waals surface area contributed by atoms with Gasteiger partial charge in [0.15, 0.2) is 4.34 Å². The van der Waals surface area contributed by atoms with Crippen molar-refractivity contribution in [2.24, 2.45) is 0 Å². The van der Waals surface area contributed by atoms with Gasteiger partial charge in [0.05, 0.1) is 26.3 Å². The number of aromatic nitrogens is 1. The Morgan fingerprint density at radius 3 is 3.06 bits per heavy atom. The number of hydrogen-bond donors (Lipinski definition) is 1. The zero-order valence-electron chi connectivity index (χ0n) is 8.68. The van der Waals surface area contributed by atoms with Crippen LogP contribution in [0.25, 0.3) is 10.2 Å². The second-order valence-electron chi connectivity index (χ2n) is 3.86. The molecule has 1 aromatic carbocycles. The molecule has 3 nitrogen and oxygen atoms in total. The average molecular weight is 252 g/mol. The predicted molar refractivity (Wildman–Crippen MR) is 67.3 cm³/mol. The average Bonchev–Trinajstić information content (AvgIpc) is 2.97. The Morgan fingerprint density at radius 2 is 2.31 bits per heavy atom. The normalized spacial score (nSPS) is 22.6. The molecule has 1 aliphatic rings. The molecule has 0 bridgehead atoms. The van der Waals surface area contributed by atoms with Gasteiger partial charge < -0.3 is 5.32 Å². The Morgan fingerprint density at radius 1 is 1.44 bits per heavy atom. The number of benzene rings is 1. The lowest BCUT2D eigenvalue weighted by Crippen LogP contribution is -2.18. The summed E-state index contributed by atoms with van der Waals surface area (Å²) in [6, 6.07) is 7.95. The largest absolute Gasteiger partial charge is 0.315 e. The lowest BCUT2D eigenvalue weighted by Gasteiger charge is -2.03. The summed E-state index contributed by atoms with van der Waals surface area (Å²) in [4.78, 5) is 4.45. The number of rotatable bonds is 2. The van der Waals surface area contributed by atoms with E-state index in [-0.39, 0.29) is 5.25 Å². The number of nitrogens with zero attached hydrogens (tertiary/aromatic N) is 1. The SMILES string of the molecule is O=[S@@](c1nc2ccccc2s1)[C@@H]1CCNC1. The first kappa shape index (κ1) is 10.4. The molecule has 1 aliphatic heterocycles. The Kier molecular flexibility index (Phi) is 2.75. The van der Waals surface area contributed by atoms with Crippen LogP contribution < -0.4 is 5.32 Å². The molecule has 1 aromatic heterocycles. The molecule has 1 saturated heterocycles. The molecule has 2 atom stereocenters. The number of para-hydroxylation sites is 1. The Hall–Kier alpha value is -0.780. The summed E-state index contributed by atoms with van der Waals surface area (Å²) in [6.45, 7) is 1.82. The van der Waals surface area contributed by atoms with Gasteiger partial charge >= 0.3 is 0 Å². The van der Waals surface area contributed by atoms with Crippen molar-refractivity contribution in [3.8, 4) is 0 Å². The summed E-state index contributed by atoms with van der Waals surface area (Å²) < 4.78 is 14.1. The van der Waals surface area contributed by atoms with Gasteiger partial charge in [-0.3, -0.25) is 4.21 Å². The van der Waals surface area contributed by atoms with Crippen molar-refractivity contribution < 1.29 is 4.21 Å². The second kappa shape index (κ2) is 4.24. The molecule has 2 aromatic rings. The monoisotopic (exact) mass is 252 g/mol. The summed E-state index contributed by atoms with van der Waals surface area (Å²) in [6.07, 6.45) is 0.989. The fourth-order valence-electron chi connectivity index (χ4n) is 1.89. The quantitative estimate of drug-likeness (QED) is 0.885. The van der Waals surface area contributed by atoms with Crippen LogP contribution >= 0.6 is 11.3 Å². The van der Waals surface area contributed by atoms with E-state index in [4.69, 9.17) is 0 Å². The molecule has 16 heavy (non-hydrogen) atoms. The standard InChI is InChI=1S/C11H12N2OS2/c14-16(8-5-6-12-7-8)11-13-9-3-1-2-4-10(9)15-11/h1-4,8,12H,5-7H2/t8-,16-/m1/s1. The smallest absolute Gasteiger partial charge is 0.182 e. The molecule has 0 aliphatic carbocycles. The molecular weight excluding hydrogens is 240 g/mol. The van der Waals surface area contributed by atoms with Crippen molar-refractivity contribution in [2.45, 2.75) is 16.0 Å². The minimum atomic E-state index is -0.946. The van der Waals surface area contributed by atoms with Crippen molar-refractivity contribution in [1.29, 1.82) is 0 Å². The second-order valence-corrected chi connectivity index (χ2v) is 6.80. The van der Waals surface area contributed by atoms with Crippen LogP contribution in [0, 0.1) is 0 Å². The molecule has 1 N–H and O–H groups in total. The molecule has 2 heterocycles. The highest BCUT2D eigenvalue weighted by Gasteiger charge is 2.24. The Balaban J connectivity index is 1.96. The van der Waals surface area contributed by atoms with Gasteiger partial charge in [-0.2, -0.15) is 0 Å². The minimum absolute atomic E-state index is 0.237. The zero-order valence-corrected chi connectivity index (χ0v) is 10.3. The molecule has 84 valence electrons. The summed E-state index contributed by atoms with van der Waals surface area (Å²) in [5, 5.41) is 3.48. The van der Waals surface area contributed by atoms with Gasteiger partial charge in [0.1, 0.15) is 0 Å². The van der Waals surface area contributed by atoms with Crippen LogP contribution in [0.1, 0.15) is 6.42 Å². The van der Waals surface area contributed by atoms with E-state index in [0.29, 0.717) is 0 Å². The van der Waals surface area contributed by atoms with Crippen LogP contribution in [0.4, 0.5) is 0 Å². The highest BCUT2D eigenvalue weighted by Crippen LogP contribution is 2.26. The van der Waals surface area contributed by atoms with Gasteiger partial charge in [-0.25, -0.2) is 4.98 Å².